The Hall–Kier alpha value is -1.64. The highest BCUT2D eigenvalue weighted by Crippen LogP contribution is 2.31. The SMILES string of the molecule is C[Si](C)(C)CCOCn1nc(-c2ccnc(C(F)F)c2)c2cc(Br)ccc21. The predicted octanol–water partition coefficient (Wildman–Crippen LogP) is 6.11. The highest BCUT2D eigenvalue weighted by Gasteiger charge is 2.17. The molecule has 0 saturated heterocycles. The third kappa shape index (κ3) is 5.00. The van der Waals surface area contributed by atoms with Gasteiger partial charge in [-0.1, -0.05) is 35.6 Å². The largest absolute Gasteiger partial charge is 0.360 e. The molecule has 27 heavy (non-hydrogen) atoms. The maximum Gasteiger partial charge on any atom is 0.280 e. The van der Waals surface area contributed by atoms with E-state index < -0.39 is 14.5 Å². The van der Waals surface area contributed by atoms with E-state index in [1.54, 1.807) is 10.7 Å². The van der Waals surface area contributed by atoms with Crippen molar-refractivity contribution >= 4 is 34.9 Å². The first kappa shape index (κ1) is 20.1. The van der Waals surface area contributed by atoms with Crippen LogP contribution in [-0.2, 0) is 11.5 Å². The average Bonchev–Trinajstić information content (AvgIpc) is 2.96. The zero-order valence-electron chi connectivity index (χ0n) is 15.5. The van der Waals surface area contributed by atoms with Crippen molar-refractivity contribution < 1.29 is 13.5 Å². The molecule has 0 atom stereocenters. The van der Waals surface area contributed by atoms with Crippen LogP contribution in [0, 0.1) is 0 Å². The molecule has 0 amide bonds. The minimum Gasteiger partial charge on any atom is -0.360 e. The number of ether oxygens (including phenoxy) is 1. The molecule has 0 aliphatic rings. The van der Waals surface area contributed by atoms with E-state index in [4.69, 9.17) is 4.74 Å². The lowest BCUT2D eigenvalue weighted by Crippen LogP contribution is -2.22. The number of benzene rings is 1. The Morgan fingerprint density at radius 1 is 1.19 bits per heavy atom. The second-order valence-electron chi connectivity index (χ2n) is 7.63. The Kier molecular flexibility index (Phi) is 6.07. The van der Waals surface area contributed by atoms with Crippen LogP contribution in [0.1, 0.15) is 12.1 Å². The molecule has 0 aliphatic carbocycles. The smallest absolute Gasteiger partial charge is 0.280 e. The molecule has 0 spiro atoms. The third-order valence-corrected chi connectivity index (χ3v) is 6.40. The minimum absolute atomic E-state index is 0.253. The van der Waals surface area contributed by atoms with Crippen LogP contribution in [0.3, 0.4) is 0 Å². The van der Waals surface area contributed by atoms with E-state index in [2.05, 4.69) is 45.7 Å². The normalized spacial score (nSPS) is 12.3. The average molecular weight is 454 g/mol. The van der Waals surface area contributed by atoms with Gasteiger partial charge in [-0.05, 0) is 36.4 Å². The predicted molar refractivity (Wildman–Crippen MR) is 110 cm³/mol. The van der Waals surface area contributed by atoms with Gasteiger partial charge in [0.2, 0.25) is 0 Å². The number of pyridine rings is 1. The van der Waals surface area contributed by atoms with Crippen molar-refractivity contribution in [1.29, 1.82) is 0 Å². The molecule has 0 unspecified atom stereocenters. The lowest BCUT2D eigenvalue weighted by molar-refractivity contribution is 0.0818. The van der Waals surface area contributed by atoms with Gasteiger partial charge in [-0.2, -0.15) is 5.10 Å². The van der Waals surface area contributed by atoms with E-state index in [-0.39, 0.29) is 5.69 Å². The van der Waals surface area contributed by atoms with Gasteiger partial charge in [0.15, 0.2) is 0 Å². The molecule has 3 rings (SSSR count). The lowest BCUT2D eigenvalue weighted by Gasteiger charge is -2.15. The minimum atomic E-state index is -2.62. The second-order valence-corrected chi connectivity index (χ2v) is 14.2. The molecule has 0 radical (unpaired) electrons. The van der Waals surface area contributed by atoms with E-state index in [9.17, 15) is 8.78 Å². The summed E-state index contributed by atoms with van der Waals surface area (Å²) in [5.74, 6) is 0. The van der Waals surface area contributed by atoms with Crippen LogP contribution in [0.5, 0.6) is 0 Å². The fourth-order valence-corrected chi connectivity index (χ4v) is 3.83. The first-order chi connectivity index (χ1) is 12.7. The number of fused-ring (bicyclic) bond motifs is 1. The molecule has 0 saturated carbocycles. The zero-order valence-corrected chi connectivity index (χ0v) is 18.1. The molecular formula is C19H22BrF2N3OSi. The number of rotatable bonds is 7. The van der Waals surface area contributed by atoms with Gasteiger partial charge in [-0.3, -0.25) is 4.98 Å². The summed E-state index contributed by atoms with van der Waals surface area (Å²) in [5.41, 5.74) is 1.90. The third-order valence-electron chi connectivity index (χ3n) is 4.20. The first-order valence-corrected chi connectivity index (χ1v) is 13.2. The molecule has 4 nitrogen and oxygen atoms in total. The summed E-state index contributed by atoms with van der Waals surface area (Å²) < 4.78 is 34.6. The fraction of sp³-hybridized carbons (Fsp3) is 0.368. The summed E-state index contributed by atoms with van der Waals surface area (Å²) in [7, 11) is -1.16. The summed E-state index contributed by atoms with van der Waals surface area (Å²) >= 11 is 3.48. The maximum absolute atomic E-state index is 13.0. The van der Waals surface area contributed by atoms with Gasteiger partial charge in [0.25, 0.3) is 6.43 Å². The monoisotopic (exact) mass is 453 g/mol. The number of aromatic nitrogens is 3. The van der Waals surface area contributed by atoms with Crippen LogP contribution in [0.25, 0.3) is 22.2 Å². The molecule has 0 fully saturated rings. The fourth-order valence-electron chi connectivity index (χ4n) is 2.71. The Labute approximate surface area is 166 Å². The number of hydrogen-bond donors (Lipinski definition) is 0. The number of alkyl halides is 2. The quantitative estimate of drug-likeness (QED) is 0.319. The highest BCUT2D eigenvalue weighted by atomic mass is 79.9. The van der Waals surface area contributed by atoms with Gasteiger partial charge in [-0.15, -0.1) is 0 Å². The molecule has 0 N–H and O–H groups in total. The molecule has 2 aromatic heterocycles. The van der Waals surface area contributed by atoms with Gasteiger partial charge in [0.05, 0.1) is 5.52 Å². The summed E-state index contributed by atoms with van der Waals surface area (Å²) in [5, 5.41) is 5.52. The maximum atomic E-state index is 13.0. The highest BCUT2D eigenvalue weighted by molar-refractivity contribution is 9.10. The van der Waals surface area contributed by atoms with Gasteiger partial charge in [0.1, 0.15) is 18.1 Å². The summed E-state index contributed by atoms with van der Waals surface area (Å²) in [6.07, 6.45) is -1.22. The second kappa shape index (κ2) is 8.16. The Morgan fingerprint density at radius 3 is 2.67 bits per heavy atom. The van der Waals surface area contributed by atoms with Gasteiger partial charge >= 0.3 is 0 Å². The molecule has 1 aromatic carbocycles. The van der Waals surface area contributed by atoms with Gasteiger partial charge in [0, 0.05) is 36.3 Å². The first-order valence-electron chi connectivity index (χ1n) is 8.73. The van der Waals surface area contributed by atoms with Crippen molar-refractivity contribution in [3.05, 3.63) is 46.7 Å². The van der Waals surface area contributed by atoms with Crippen LogP contribution >= 0.6 is 15.9 Å². The van der Waals surface area contributed by atoms with E-state index in [0.717, 1.165) is 21.4 Å². The molecule has 0 bridgehead atoms. The van der Waals surface area contributed by atoms with E-state index in [0.29, 0.717) is 24.6 Å². The Morgan fingerprint density at radius 2 is 1.96 bits per heavy atom. The van der Waals surface area contributed by atoms with E-state index in [1.165, 1.54) is 12.3 Å². The molecule has 144 valence electrons. The lowest BCUT2D eigenvalue weighted by atomic mass is 10.1. The standard InChI is InChI=1S/C19H22BrF2N3OSi/c1-27(2,3)9-8-26-12-25-17-5-4-14(20)11-15(17)18(24-25)13-6-7-23-16(10-13)19(21)22/h4-7,10-11,19H,8-9,12H2,1-3H3. The Bertz CT molecular complexity index is 940. The zero-order chi connectivity index (χ0) is 19.6. The van der Waals surface area contributed by atoms with Gasteiger partial charge < -0.3 is 4.74 Å². The van der Waals surface area contributed by atoms with Crippen molar-refractivity contribution in [3.8, 4) is 11.3 Å². The molecule has 2 heterocycles. The summed E-state index contributed by atoms with van der Waals surface area (Å²) in [6, 6.07) is 10.00. The summed E-state index contributed by atoms with van der Waals surface area (Å²) in [4.78, 5) is 3.74. The molecule has 3 aromatic rings. The van der Waals surface area contributed by atoms with E-state index >= 15 is 0 Å². The van der Waals surface area contributed by atoms with Crippen molar-refractivity contribution in [2.45, 2.75) is 38.8 Å². The molecular weight excluding hydrogens is 432 g/mol. The van der Waals surface area contributed by atoms with Crippen molar-refractivity contribution in [2.24, 2.45) is 0 Å². The van der Waals surface area contributed by atoms with Crippen LogP contribution in [0.4, 0.5) is 8.78 Å². The molecule has 8 heteroatoms. The molecule has 0 aliphatic heterocycles. The van der Waals surface area contributed by atoms with Crippen LogP contribution in [-0.4, -0.2) is 29.4 Å². The van der Waals surface area contributed by atoms with Crippen molar-refractivity contribution in [2.75, 3.05) is 6.61 Å². The number of nitrogens with zero attached hydrogens (tertiary/aromatic N) is 3. The van der Waals surface area contributed by atoms with Crippen molar-refractivity contribution in [1.82, 2.24) is 14.8 Å². The number of halogens is 3. The Balaban J connectivity index is 1.94. The van der Waals surface area contributed by atoms with Crippen molar-refractivity contribution in [3.63, 3.8) is 0 Å². The van der Waals surface area contributed by atoms with Crippen LogP contribution < -0.4 is 0 Å². The van der Waals surface area contributed by atoms with E-state index in [1.807, 2.05) is 18.2 Å². The number of hydrogen-bond acceptors (Lipinski definition) is 3. The van der Waals surface area contributed by atoms with Crippen LogP contribution in [0.2, 0.25) is 25.7 Å². The topological polar surface area (TPSA) is 39.9 Å². The summed E-state index contributed by atoms with van der Waals surface area (Å²) in [6.45, 7) is 7.93. The van der Waals surface area contributed by atoms with Crippen LogP contribution in [0.15, 0.2) is 41.0 Å². The van der Waals surface area contributed by atoms with Gasteiger partial charge in [-0.25, -0.2) is 13.5 Å².